The van der Waals surface area contributed by atoms with E-state index >= 15 is 0 Å². The molecule has 9 heteroatoms. The van der Waals surface area contributed by atoms with Gasteiger partial charge in [-0.05, 0) is 59.4 Å². The van der Waals surface area contributed by atoms with Crippen molar-refractivity contribution in [3.05, 3.63) is 22.4 Å². The van der Waals surface area contributed by atoms with E-state index in [9.17, 15) is 14.9 Å². The first-order chi connectivity index (χ1) is 14.3. The van der Waals surface area contributed by atoms with Crippen LogP contribution in [0.2, 0.25) is 0 Å². The third-order valence-corrected chi connectivity index (χ3v) is 5.90. The summed E-state index contributed by atoms with van der Waals surface area (Å²) < 4.78 is 6.00. The molecule has 1 saturated carbocycles. The first-order valence-electron chi connectivity index (χ1n) is 10.9. The summed E-state index contributed by atoms with van der Waals surface area (Å²) in [5, 5.41) is 17.8. The highest BCUT2D eigenvalue weighted by Crippen LogP contribution is 2.32. The fraction of sp³-hybridized carbons (Fsp3) is 0.714. The van der Waals surface area contributed by atoms with Crippen LogP contribution in [0.1, 0.15) is 52.4 Å². The minimum Gasteiger partial charge on any atom is -0.474 e. The molecule has 3 rings (SSSR count). The molecule has 0 bridgehead atoms. The molecule has 1 aromatic heterocycles. The SMILES string of the molecule is CC(C)NC(=O)C1CCC(Nc2cc(OC3CCN(C)CC3)ncc2[N+](=O)[O-])CC1. The Kier molecular flexibility index (Phi) is 7.47. The molecule has 2 aliphatic rings. The quantitative estimate of drug-likeness (QED) is 0.516. The van der Waals surface area contributed by atoms with Gasteiger partial charge in [0.25, 0.3) is 0 Å². The molecule has 2 fully saturated rings. The van der Waals surface area contributed by atoms with Crippen molar-refractivity contribution < 1.29 is 14.5 Å². The first kappa shape index (κ1) is 22.3. The lowest BCUT2D eigenvalue weighted by atomic mass is 9.85. The zero-order valence-corrected chi connectivity index (χ0v) is 18.1. The number of hydrogen-bond acceptors (Lipinski definition) is 7. The van der Waals surface area contributed by atoms with Crippen molar-refractivity contribution in [1.29, 1.82) is 0 Å². The molecule has 1 aliphatic carbocycles. The summed E-state index contributed by atoms with van der Waals surface area (Å²) in [6.45, 7) is 5.85. The summed E-state index contributed by atoms with van der Waals surface area (Å²) in [5.74, 6) is 0.538. The number of aromatic nitrogens is 1. The number of hydrogen-bond donors (Lipinski definition) is 2. The fourth-order valence-electron chi connectivity index (χ4n) is 4.15. The van der Waals surface area contributed by atoms with Crippen LogP contribution in [-0.2, 0) is 4.79 Å². The number of likely N-dealkylation sites (tertiary alicyclic amines) is 1. The van der Waals surface area contributed by atoms with Gasteiger partial charge >= 0.3 is 5.69 Å². The summed E-state index contributed by atoms with van der Waals surface area (Å²) in [5.41, 5.74) is 0.387. The second-order valence-electron chi connectivity index (χ2n) is 8.77. The molecule has 1 saturated heterocycles. The van der Waals surface area contributed by atoms with Gasteiger partial charge in [0.05, 0.1) is 4.92 Å². The van der Waals surface area contributed by atoms with E-state index in [-0.39, 0.29) is 35.7 Å². The van der Waals surface area contributed by atoms with Crippen molar-refractivity contribution in [2.45, 2.75) is 70.6 Å². The van der Waals surface area contributed by atoms with E-state index in [4.69, 9.17) is 4.74 Å². The Morgan fingerprint density at radius 3 is 2.50 bits per heavy atom. The van der Waals surface area contributed by atoms with E-state index in [1.54, 1.807) is 6.07 Å². The van der Waals surface area contributed by atoms with Crippen LogP contribution < -0.4 is 15.4 Å². The molecule has 30 heavy (non-hydrogen) atoms. The van der Waals surface area contributed by atoms with E-state index in [2.05, 4.69) is 27.6 Å². The van der Waals surface area contributed by atoms with E-state index in [1.165, 1.54) is 6.20 Å². The number of pyridine rings is 1. The summed E-state index contributed by atoms with van der Waals surface area (Å²) in [6.07, 6.45) is 6.32. The van der Waals surface area contributed by atoms with Gasteiger partial charge in [-0.1, -0.05) is 0 Å². The summed E-state index contributed by atoms with van der Waals surface area (Å²) in [6, 6.07) is 1.87. The Labute approximate surface area is 177 Å². The van der Waals surface area contributed by atoms with Gasteiger partial charge in [-0.2, -0.15) is 0 Å². The molecule has 166 valence electrons. The van der Waals surface area contributed by atoms with Gasteiger partial charge in [-0.15, -0.1) is 0 Å². The zero-order chi connectivity index (χ0) is 21.7. The number of nitro groups is 1. The Morgan fingerprint density at radius 1 is 1.23 bits per heavy atom. The summed E-state index contributed by atoms with van der Waals surface area (Å²) >= 11 is 0. The van der Waals surface area contributed by atoms with Gasteiger partial charge in [0.15, 0.2) is 0 Å². The van der Waals surface area contributed by atoms with Crippen molar-refractivity contribution >= 4 is 17.3 Å². The van der Waals surface area contributed by atoms with Crippen LogP contribution in [0.3, 0.4) is 0 Å². The molecule has 9 nitrogen and oxygen atoms in total. The standard InChI is InChI=1S/C21H33N5O4/c1-14(2)23-21(27)15-4-6-16(7-5-15)24-18-12-20(22-13-19(18)26(28)29)30-17-8-10-25(3)11-9-17/h12-17H,4-11H2,1-3H3,(H,22,24)(H,23,27). The highest BCUT2D eigenvalue weighted by molar-refractivity contribution is 5.79. The number of piperidine rings is 1. The minimum absolute atomic E-state index is 0.0150. The molecule has 1 aromatic rings. The highest BCUT2D eigenvalue weighted by atomic mass is 16.6. The highest BCUT2D eigenvalue weighted by Gasteiger charge is 2.28. The number of nitrogens with zero attached hydrogens (tertiary/aromatic N) is 3. The number of ether oxygens (including phenoxy) is 1. The maximum Gasteiger partial charge on any atom is 0.310 e. The van der Waals surface area contributed by atoms with Gasteiger partial charge in [-0.3, -0.25) is 14.9 Å². The van der Waals surface area contributed by atoms with Gasteiger partial charge in [-0.25, -0.2) is 4.98 Å². The Morgan fingerprint density at radius 2 is 1.90 bits per heavy atom. The van der Waals surface area contributed by atoms with Crippen molar-refractivity contribution in [2.75, 3.05) is 25.5 Å². The molecule has 2 heterocycles. The summed E-state index contributed by atoms with van der Waals surface area (Å²) in [7, 11) is 2.09. The lowest BCUT2D eigenvalue weighted by Gasteiger charge is -2.30. The van der Waals surface area contributed by atoms with Gasteiger partial charge in [0.1, 0.15) is 18.0 Å². The molecule has 2 N–H and O–H groups in total. The molecule has 0 unspecified atom stereocenters. The van der Waals surface area contributed by atoms with Gasteiger partial charge < -0.3 is 20.3 Å². The largest absolute Gasteiger partial charge is 0.474 e. The van der Waals surface area contributed by atoms with Crippen molar-refractivity contribution in [3.63, 3.8) is 0 Å². The summed E-state index contributed by atoms with van der Waals surface area (Å²) in [4.78, 5) is 29.7. The van der Waals surface area contributed by atoms with Crippen molar-refractivity contribution in [1.82, 2.24) is 15.2 Å². The smallest absolute Gasteiger partial charge is 0.310 e. The number of nitrogens with one attached hydrogen (secondary N) is 2. The number of anilines is 1. The van der Waals surface area contributed by atoms with E-state index < -0.39 is 4.92 Å². The van der Waals surface area contributed by atoms with Crippen LogP contribution in [-0.4, -0.2) is 59.0 Å². The average molecular weight is 420 g/mol. The first-order valence-corrected chi connectivity index (χ1v) is 10.9. The second kappa shape index (κ2) is 10.1. The molecule has 0 radical (unpaired) electrons. The van der Waals surface area contributed by atoms with Gasteiger partial charge in [0, 0.05) is 37.2 Å². The maximum atomic E-state index is 12.2. The predicted octanol–water partition coefficient (Wildman–Crippen LogP) is 2.96. The Balaban J connectivity index is 1.61. The van der Waals surface area contributed by atoms with Crippen LogP contribution in [0.4, 0.5) is 11.4 Å². The molecule has 0 atom stereocenters. The fourth-order valence-corrected chi connectivity index (χ4v) is 4.15. The topological polar surface area (TPSA) is 110 Å². The Hall–Kier alpha value is -2.42. The van der Waals surface area contributed by atoms with Crippen LogP contribution in [0.15, 0.2) is 12.3 Å². The van der Waals surface area contributed by atoms with E-state index in [0.717, 1.165) is 51.6 Å². The normalized spacial score (nSPS) is 23.2. The number of rotatable bonds is 7. The van der Waals surface area contributed by atoms with E-state index in [1.807, 2.05) is 13.8 Å². The minimum atomic E-state index is -0.420. The third kappa shape index (κ3) is 6.04. The molecular weight excluding hydrogens is 386 g/mol. The van der Waals surface area contributed by atoms with Crippen molar-refractivity contribution in [2.24, 2.45) is 5.92 Å². The second-order valence-corrected chi connectivity index (χ2v) is 8.77. The number of carbonyl (C=O) groups excluding carboxylic acids is 1. The van der Waals surface area contributed by atoms with Crippen LogP contribution in [0.5, 0.6) is 5.88 Å². The van der Waals surface area contributed by atoms with E-state index in [0.29, 0.717) is 11.6 Å². The van der Waals surface area contributed by atoms with Crippen LogP contribution >= 0.6 is 0 Å². The lowest BCUT2D eigenvalue weighted by molar-refractivity contribution is -0.384. The monoisotopic (exact) mass is 419 g/mol. The predicted molar refractivity (Wildman–Crippen MR) is 115 cm³/mol. The molecule has 0 spiro atoms. The van der Waals surface area contributed by atoms with Gasteiger partial charge in [0.2, 0.25) is 11.8 Å². The van der Waals surface area contributed by atoms with Crippen molar-refractivity contribution in [3.8, 4) is 5.88 Å². The average Bonchev–Trinajstić information content (AvgIpc) is 2.70. The molecule has 0 aromatic carbocycles. The number of amides is 1. The molecule has 1 aliphatic heterocycles. The third-order valence-electron chi connectivity index (χ3n) is 5.90. The molecular formula is C21H33N5O4. The molecule has 1 amide bonds. The lowest BCUT2D eigenvalue weighted by Crippen LogP contribution is -2.39. The van der Waals surface area contributed by atoms with Crippen LogP contribution in [0, 0.1) is 16.0 Å². The maximum absolute atomic E-state index is 12.2. The Bertz CT molecular complexity index is 741. The number of carbonyl (C=O) groups is 1. The van der Waals surface area contributed by atoms with Crippen LogP contribution in [0.25, 0.3) is 0 Å². The zero-order valence-electron chi connectivity index (χ0n) is 18.1.